The minimum absolute atomic E-state index is 0.323. The van der Waals surface area contributed by atoms with Crippen molar-refractivity contribution in [3.05, 3.63) is 56.8 Å². The van der Waals surface area contributed by atoms with Crippen LogP contribution in [0.15, 0.2) is 34.8 Å². The number of benzene rings is 2. The highest BCUT2D eigenvalue weighted by Crippen LogP contribution is 2.37. The number of hydrogen-bond donors (Lipinski definition) is 1. The predicted octanol–water partition coefficient (Wildman–Crippen LogP) is 4.31. The molecule has 1 unspecified atom stereocenters. The van der Waals surface area contributed by atoms with Crippen LogP contribution in [0.1, 0.15) is 17.2 Å². The monoisotopic (exact) mass is 373 g/mol. The van der Waals surface area contributed by atoms with Gasteiger partial charge in [0.2, 0.25) is 0 Å². The van der Waals surface area contributed by atoms with Crippen molar-refractivity contribution in [1.29, 1.82) is 0 Å². The van der Waals surface area contributed by atoms with Crippen LogP contribution in [0.3, 0.4) is 0 Å². The Morgan fingerprint density at radius 1 is 1.10 bits per heavy atom. The second kappa shape index (κ2) is 6.64. The summed E-state index contributed by atoms with van der Waals surface area (Å²) in [6, 6.07) is 7.17. The van der Waals surface area contributed by atoms with E-state index in [1.165, 1.54) is 13.2 Å². The lowest BCUT2D eigenvalue weighted by molar-refractivity contribution is 0.394. The molecule has 0 saturated heterocycles. The Labute approximate surface area is 135 Å². The Balaban J connectivity index is 2.53. The minimum atomic E-state index is -0.695. The van der Waals surface area contributed by atoms with Crippen molar-refractivity contribution in [2.75, 3.05) is 14.2 Å². The molecule has 2 rings (SSSR count). The Kier molecular flexibility index (Phi) is 5.08. The number of hydrogen-bond acceptors (Lipinski definition) is 3. The van der Waals surface area contributed by atoms with Gasteiger partial charge in [-0.15, -0.1) is 0 Å². The van der Waals surface area contributed by atoms with E-state index in [0.29, 0.717) is 27.6 Å². The van der Waals surface area contributed by atoms with Gasteiger partial charge in [0.25, 0.3) is 0 Å². The molecule has 0 fully saturated rings. The molecule has 2 N–H and O–H groups in total. The maximum Gasteiger partial charge on any atom is 0.133 e. The molecular weight excluding hydrogens is 361 g/mol. The molecule has 0 spiro atoms. The van der Waals surface area contributed by atoms with Gasteiger partial charge in [0.15, 0.2) is 0 Å². The SMILES string of the molecule is COc1cc(C(N)c2ccc(Cl)cc2F)c(OC)cc1Br. The van der Waals surface area contributed by atoms with Crippen molar-refractivity contribution in [3.63, 3.8) is 0 Å². The van der Waals surface area contributed by atoms with E-state index in [1.54, 1.807) is 31.4 Å². The highest BCUT2D eigenvalue weighted by Gasteiger charge is 2.20. The van der Waals surface area contributed by atoms with Crippen LogP contribution in [-0.2, 0) is 0 Å². The van der Waals surface area contributed by atoms with Crippen molar-refractivity contribution in [2.24, 2.45) is 5.73 Å². The van der Waals surface area contributed by atoms with Crippen LogP contribution in [0.25, 0.3) is 0 Å². The lowest BCUT2D eigenvalue weighted by Crippen LogP contribution is -2.15. The average molecular weight is 375 g/mol. The highest BCUT2D eigenvalue weighted by molar-refractivity contribution is 9.10. The summed E-state index contributed by atoms with van der Waals surface area (Å²) in [5.41, 5.74) is 7.14. The number of ether oxygens (including phenoxy) is 2. The molecule has 112 valence electrons. The largest absolute Gasteiger partial charge is 0.496 e. The van der Waals surface area contributed by atoms with Crippen molar-refractivity contribution in [2.45, 2.75) is 6.04 Å². The van der Waals surface area contributed by atoms with Gasteiger partial charge < -0.3 is 15.2 Å². The molecule has 0 aliphatic rings. The van der Waals surface area contributed by atoms with Gasteiger partial charge in [0.1, 0.15) is 17.3 Å². The summed E-state index contributed by atoms with van der Waals surface area (Å²) in [6.07, 6.45) is 0. The van der Waals surface area contributed by atoms with Crippen LogP contribution < -0.4 is 15.2 Å². The normalized spacial score (nSPS) is 12.1. The van der Waals surface area contributed by atoms with Gasteiger partial charge in [-0.3, -0.25) is 0 Å². The van der Waals surface area contributed by atoms with Crippen LogP contribution in [0.2, 0.25) is 5.02 Å². The number of methoxy groups -OCH3 is 2. The molecule has 0 aliphatic heterocycles. The second-order valence-corrected chi connectivity index (χ2v) is 5.66. The zero-order valence-corrected chi connectivity index (χ0v) is 13.8. The third kappa shape index (κ3) is 3.31. The molecule has 0 amide bonds. The van der Waals surface area contributed by atoms with Crippen LogP contribution >= 0.6 is 27.5 Å². The Hall–Kier alpha value is -1.30. The van der Waals surface area contributed by atoms with E-state index in [2.05, 4.69) is 15.9 Å². The molecule has 0 aromatic heterocycles. The van der Waals surface area contributed by atoms with Crippen molar-refractivity contribution < 1.29 is 13.9 Å². The lowest BCUT2D eigenvalue weighted by Gasteiger charge is -2.18. The summed E-state index contributed by atoms with van der Waals surface area (Å²) < 4.78 is 25.3. The van der Waals surface area contributed by atoms with Crippen molar-refractivity contribution in [3.8, 4) is 11.5 Å². The minimum Gasteiger partial charge on any atom is -0.496 e. The molecule has 0 radical (unpaired) electrons. The number of nitrogens with two attached hydrogens (primary N) is 1. The first-order valence-electron chi connectivity index (χ1n) is 6.10. The molecular formula is C15H14BrClFNO2. The molecule has 3 nitrogen and oxygen atoms in total. The first-order chi connectivity index (χ1) is 9.97. The summed E-state index contributed by atoms with van der Waals surface area (Å²) in [4.78, 5) is 0. The standard InChI is InChI=1S/C15H14BrClFNO2/c1-20-13-7-11(16)14(21-2)6-10(13)15(19)9-4-3-8(17)5-12(9)18/h3-7,15H,19H2,1-2H3. The summed E-state index contributed by atoms with van der Waals surface area (Å²) in [5.74, 6) is 0.680. The van der Waals surface area contributed by atoms with Gasteiger partial charge in [0.05, 0.1) is 24.7 Å². The van der Waals surface area contributed by atoms with Crippen LogP contribution in [0, 0.1) is 5.82 Å². The van der Waals surface area contributed by atoms with Crippen molar-refractivity contribution in [1.82, 2.24) is 0 Å². The molecule has 0 aliphatic carbocycles. The molecule has 1 atom stereocenters. The molecule has 0 heterocycles. The number of halogens is 3. The Morgan fingerprint density at radius 2 is 1.76 bits per heavy atom. The fourth-order valence-electron chi connectivity index (χ4n) is 2.05. The third-order valence-corrected chi connectivity index (χ3v) is 3.99. The van der Waals surface area contributed by atoms with E-state index in [-0.39, 0.29) is 0 Å². The van der Waals surface area contributed by atoms with Gasteiger partial charge in [-0.1, -0.05) is 17.7 Å². The second-order valence-electron chi connectivity index (χ2n) is 4.37. The summed E-state index contributed by atoms with van der Waals surface area (Å²) in [5, 5.41) is 0.323. The Morgan fingerprint density at radius 3 is 2.33 bits per heavy atom. The summed E-state index contributed by atoms with van der Waals surface area (Å²) >= 11 is 9.14. The smallest absolute Gasteiger partial charge is 0.133 e. The maximum absolute atomic E-state index is 14.0. The average Bonchev–Trinajstić information content (AvgIpc) is 2.46. The van der Waals surface area contributed by atoms with E-state index in [4.69, 9.17) is 26.8 Å². The van der Waals surface area contributed by atoms with E-state index < -0.39 is 11.9 Å². The first kappa shape index (κ1) is 16.1. The zero-order valence-electron chi connectivity index (χ0n) is 11.5. The van der Waals surface area contributed by atoms with E-state index in [1.807, 2.05) is 0 Å². The summed E-state index contributed by atoms with van der Waals surface area (Å²) in [6.45, 7) is 0. The maximum atomic E-state index is 14.0. The van der Waals surface area contributed by atoms with Gasteiger partial charge in [-0.05, 0) is 40.2 Å². The van der Waals surface area contributed by atoms with Gasteiger partial charge in [-0.2, -0.15) is 0 Å². The quantitative estimate of drug-likeness (QED) is 0.867. The van der Waals surface area contributed by atoms with Crippen LogP contribution in [-0.4, -0.2) is 14.2 Å². The van der Waals surface area contributed by atoms with Gasteiger partial charge in [0, 0.05) is 16.1 Å². The van der Waals surface area contributed by atoms with Gasteiger partial charge in [-0.25, -0.2) is 4.39 Å². The molecule has 2 aromatic rings. The topological polar surface area (TPSA) is 44.5 Å². The first-order valence-corrected chi connectivity index (χ1v) is 7.27. The van der Waals surface area contributed by atoms with E-state index >= 15 is 0 Å². The molecule has 6 heteroatoms. The molecule has 0 bridgehead atoms. The highest BCUT2D eigenvalue weighted by atomic mass is 79.9. The Bertz CT molecular complexity index is 666. The lowest BCUT2D eigenvalue weighted by atomic mass is 9.98. The van der Waals surface area contributed by atoms with E-state index in [9.17, 15) is 4.39 Å². The zero-order chi connectivity index (χ0) is 15.6. The van der Waals surface area contributed by atoms with Gasteiger partial charge >= 0.3 is 0 Å². The van der Waals surface area contributed by atoms with E-state index in [0.717, 1.165) is 4.47 Å². The number of rotatable bonds is 4. The molecule has 21 heavy (non-hydrogen) atoms. The fraction of sp³-hybridized carbons (Fsp3) is 0.200. The molecule has 0 saturated carbocycles. The van der Waals surface area contributed by atoms with Crippen LogP contribution in [0.5, 0.6) is 11.5 Å². The van der Waals surface area contributed by atoms with Crippen LogP contribution in [0.4, 0.5) is 4.39 Å². The third-order valence-electron chi connectivity index (χ3n) is 3.14. The van der Waals surface area contributed by atoms with Crippen molar-refractivity contribution >= 4 is 27.5 Å². The predicted molar refractivity (Wildman–Crippen MR) is 84.7 cm³/mol. The fourth-order valence-corrected chi connectivity index (χ4v) is 2.69. The molecule has 2 aromatic carbocycles. The summed E-state index contributed by atoms with van der Waals surface area (Å²) in [7, 11) is 3.08.